The number of hydrogen-bond acceptors (Lipinski definition) is 11. The Kier molecular flexibility index (Phi) is 14.2. The van der Waals surface area contributed by atoms with E-state index >= 15 is 4.39 Å². The third kappa shape index (κ3) is 12.0. The summed E-state index contributed by atoms with van der Waals surface area (Å²) in [6, 6.07) is 14.9. The lowest BCUT2D eigenvalue weighted by atomic mass is 9.69. The van der Waals surface area contributed by atoms with Gasteiger partial charge in [0, 0.05) is 41.6 Å². The highest BCUT2D eigenvalue weighted by Gasteiger charge is 2.36. The standard InChI is InChI=1S/C41H48FN3O9S/c1-40(2,3)54-39(48)44-15-17-50-18-19-51-20-21-52-34-23-29-7-6-14-41(4,26-36(46)45-38-43-16-22-55-38)32(29)25-35(34)53-30-12-13-31(33(42)24-30)27-8-10-28(11-9-27)37(47)49-5/h8-13,16,22-25H,6-7,14-15,17-21,26H2,1-5H3,(H,44,48)(H,43,45,46)/t41-/m1/s1. The minimum absolute atomic E-state index is 0.134. The summed E-state index contributed by atoms with van der Waals surface area (Å²) < 4.78 is 49.3. The number of rotatable bonds is 17. The van der Waals surface area contributed by atoms with E-state index in [0.29, 0.717) is 59.7 Å². The van der Waals surface area contributed by atoms with Gasteiger partial charge in [0.15, 0.2) is 16.6 Å². The molecule has 1 atom stereocenters. The number of thiazole rings is 1. The fourth-order valence-corrected chi connectivity index (χ4v) is 6.79. The van der Waals surface area contributed by atoms with Crippen LogP contribution in [0, 0.1) is 5.82 Å². The number of carbonyl (C=O) groups excluding carboxylic acids is 3. The number of benzene rings is 3. The second-order valence-electron chi connectivity index (χ2n) is 14.2. The van der Waals surface area contributed by atoms with Gasteiger partial charge in [-0.3, -0.25) is 4.79 Å². The second kappa shape index (κ2) is 19.0. The summed E-state index contributed by atoms with van der Waals surface area (Å²) in [5.74, 6) is -0.0219. The molecule has 4 aromatic rings. The van der Waals surface area contributed by atoms with E-state index in [1.54, 1.807) is 63.4 Å². The number of fused-ring (bicyclic) bond motifs is 1. The second-order valence-corrected chi connectivity index (χ2v) is 15.1. The molecular weight excluding hydrogens is 730 g/mol. The molecule has 1 heterocycles. The minimum atomic E-state index is -0.569. The fraction of sp³-hybridized carbons (Fsp3) is 0.415. The topological polar surface area (TPSA) is 144 Å². The van der Waals surface area contributed by atoms with Gasteiger partial charge in [0.05, 0.1) is 39.1 Å². The Hall–Kier alpha value is -5.05. The number of alkyl carbamates (subject to hydrolysis) is 1. The molecule has 0 fully saturated rings. The van der Waals surface area contributed by atoms with Crippen molar-refractivity contribution in [1.29, 1.82) is 0 Å². The number of ether oxygens (including phenoxy) is 6. The van der Waals surface area contributed by atoms with Crippen LogP contribution in [0.2, 0.25) is 0 Å². The van der Waals surface area contributed by atoms with Crippen LogP contribution in [0.1, 0.15) is 68.4 Å². The molecule has 2 amide bonds. The molecule has 0 radical (unpaired) electrons. The van der Waals surface area contributed by atoms with Gasteiger partial charge in [-0.2, -0.15) is 0 Å². The largest absolute Gasteiger partial charge is 0.487 e. The molecule has 1 aliphatic rings. The molecule has 0 unspecified atom stereocenters. The lowest BCUT2D eigenvalue weighted by Crippen LogP contribution is -2.34. The molecule has 14 heteroatoms. The number of aryl methyl sites for hydroxylation is 1. The van der Waals surface area contributed by atoms with Crippen molar-refractivity contribution < 1.29 is 47.2 Å². The van der Waals surface area contributed by atoms with Crippen molar-refractivity contribution in [3.8, 4) is 28.4 Å². The van der Waals surface area contributed by atoms with E-state index in [-0.39, 0.29) is 31.3 Å². The van der Waals surface area contributed by atoms with Crippen LogP contribution in [-0.2, 0) is 35.6 Å². The molecule has 0 bridgehead atoms. The van der Waals surface area contributed by atoms with E-state index in [1.807, 2.05) is 17.5 Å². The molecule has 3 aromatic carbocycles. The SMILES string of the molecule is COC(=O)c1ccc(-c2ccc(Oc3cc4c(cc3OCCOCCOCCNC(=O)OC(C)(C)C)CCC[C@]4(C)CC(=O)Nc3nccs3)cc2F)cc1. The van der Waals surface area contributed by atoms with Gasteiger partial charge in [-0.25, -0.2) is 19.0 Å². The van der Waals surface area contributed by atoms with Gasteiger partial charge in [0.1, 0.15) is 23.8 Å². The molecule has 0 spiro atoms. The van der Waals surface area contributed by atoms with Crippen LogP contribution < -0.4 is 20.1 Å². The van der Waals surface area contributed by atoms with Crippen LogP contribution in [0.25, 0.3) is 11.1 Å². The highest BCUT2D eigenvalue weighted by Crippen LogP contribution is 2.46. The molecular formula is C41H48FN3O9S. The lowest BCUT2D eigenvalue weighted by molar-refractivity contribution is -0.117. The summed E-state index contributed by atoms with van der Waals surface area (Å²) in [4.78, 5) is 40.9. The van der Waals surface area contributed by atoms with Gasteiger partial charge in [-0.15, -0.1) is 11.3 Å². The predicted octanol–water partition coefficient (Wildman–Crippen LogP) is 8.09. The zero-order valence-electron chi connectivity index (χ0n) is 31.8. The van der Waals surface area contributed by atoms with Gasteiger partial charge >= 0.3 is 12.1 Å². The molecule has 1 aliphatic carbocycles. The summed E-state index contributed by atoms with van der Waals surface area (Å²) >= 11 is 1.36. The zero-order chi connectivity index (χ0) is 39.4. The summed E-state index contributed by atoms with van der Waals surface area (Å²) in [5, 5.41) is 7.90. The molecule has 2 N–H and O–H groups in total. The first-order valence-corrected chi connectivity index (χ1v) is 19.0. The highest BCUT2D eigenvalue weighted by atomic mass is 32.1. The van der Waals surface area contributed by atoms with Crippen molar-refractivity contribution >= 4 is 34.4 Å². The van der Waals surface area contributed by atoms with E-state index < -0.39 is 28.9 Å². The van der Waals surface area contributed by atoms with Crippen LogP contribution >= 0.6 is 11.3 Å². The zero-order valence-corrected chi connectivity index (χ0v) is 32.6. The lowest BCUT2D eigenvalue weighted by Gasteiger charge is -2.36. The Morgan fingerprint density at radius 2 is 1.69 bits per heavy atom. The van der Waals surface area contributed by atoms with Gasteiger partial charge < -0.3 is 39.1 Å². The number of esters is 1. The number of aromatic nitrogens is 1. The molecule has 0 saturated carbocycles. The first-order valence-electron chi connectivity index (χ1n) is 18.1. The molecule has 0 aliphatic heterocycles. The van der Waals surface area contributed by atoms with Gasteiger partial charge in [0.2, 0.25) is 5.91 Å². The van der Waals surface area contributed by atoms with Gasteiger partial charge in [0.25, 0.3) is 0 Å². The van der Waals surface area contributed by atoms with Gasteiger partial charge in [-0.05, 0) is 93.1 Å². The van der Waals surface area contributed by atoms with E-state index in [2.05, 4.69) is 22.5 Å². The average Bonchev–Trinajstić information content (AvgIpc) is 3.64. The van der Waals surface area contributed by atoms with Crippen LogP contribution in [0.5, 0.6) is 17.2 Å². The first kappa shape index (κ1) is 41.1. The molecule has 1 aromatic heterocycles. The number of nitrogens with one attached hydrogen (secondary N) is 2. The first-order chi connectivity index (χ1) is 26.3. The Morgan fingerprint density at radius 1 is 0.945 bits per heavy atom. The Labute approximate surface area is 324 Å². The maximum atomic E-state index is 15.6. The summed E-state index contributed by atoms with van der Waals surface area (Å²) in [5.41, 5.74) is 2.23. The van der Waals surface area contributed by atoms with E-state index in [1.165, 1.54) is 24.5 Å². The molecule has 294 valence electrons. The van der Waals surface area contributed by atoms with Crippen molar-refractivity contribution in [1.82, 2.24) is 10.3 Å². The normalized spacial score (nSPS) is 15.1. The molecule has 12 nitrogen and oxygen atoms in total. The van der Waals surface area contributed by atoms with Crippen molar-refractivity contribution in [2.45, 2.75) is 64.4 Å². The average molecular weight is 778 g/mol. The Bertz CT molecular complexity index is 1920. The van der Waals surface area contributed by atoms with Crippen molar-refractivity contribution in [2.24, 2.45) is 0 Å². The Balaban J connectivity index is 1.26. The van der Waals surface area contributed by atoms with Crippen LogP contribution in [0.15, 0.2) is 66.2 Å². The smallest absolute Gasteiger partial charge is 0.407 e. The molecule has 5 rings (SSSR count). The molecule has 0 saturated heterocycles. The molecule has 55 heavy (non-hydrogen) atoms. The quantitative estimate of drug-likeness (QED) is 0.0798. The highest BCUT2D eigenvalue weighted by molar-refractivity contribution is 7.13. The summed E-state index contributed by atoms with van der Waals surface area (Å²) in [6.45, 7) is 9.20. The fourth-order valence-electron chi connectivity index (χ4n) is 6.25. The van der Waals surface area contributed by atoms with Crippen molar-refractivity contribution in [3.05, 3.63) is 88.7 Å². The summed E-state index contributed by atoms with van der Waals surface area (Å²) in [7, 11) is 1.30. The number of anilines is 1. The third-order valence-corrected chi connectivity index (χ3v) is 9.47. The van der Waals surface area contributed by atoms with Crippen molar-refractivity contribution in [3.63, 3.8) is 0 Å². The van der Waals surface area contributed by atoms with E-state index in [0.717, 1.165) is 30.4 Å². The maximum Gasteiger partial charge on any atom is 0.407 e. The van der Waals surface area contributed by atoms with Crippen molar-refractivity contribution in [2.75, 3.05) is 52.0 Å². The maximum absolute atomic E-state index is 15.6. The Morgan fingerprint density at radius 3 is 2.38 bits per heavy atom. The number of hydrogen-bond donors (Lipinski definition) is 2. The number of methoxy groups -OCH3 is 1. The van der Waals surface area contributed by atoms with E-state index in [4.69, 9.17) is 28.4 Å². The number of amides is 2. The van der Waals surface area contributed by atoms with Crippen LogP contribution in [-0.4, -0.2) is 75.2 Å². The van der Waals surface area contributed by atoms with Crippen LogP contribution in [0.3, 0.4) is 0 Å². The number of halogens is 1. The number of nitrogens with zero attached hydrogens (tertiary/aromatic N) is 1. The monoisotopic (exact) mass is 777 g/mol. The number of carbonyl (C=O) groups is 3. The third-order valence-electron chi connectivity index (χ3n) is 8.78. The predicted molar refractivity (Wildman–Crippen MR) is 207 cm³/mol. The minimum Gasteiger partial charge on any atom is -0.487 e. The van der Waals surface area contributed by atoms with E-state index in [9.17, 15) is 14.4 Å². The van der Waals surface area contributed by atoms with Crippen LogP contribution in [0.4, 0.5) is 14.3 Å². The summed E-state index contributed by atoms with van der Waals surface area (Å²) in [6.07, 6.45) is 3.86. The van der Waals surface area contributed by atoms with Gasteiger partial charge in [-0.1, -0.05) is 19.1 Å².